The van der Waals surface area contributed by atoms with Gasteiger partial charge in [0.1, 0.15) is 5.75 Å². The van der Waals surface area contributed by atoms with E-state index in [0.717, 1.165) is 0 Å². The molecule has 1 N–H and O–H groups in total. The standard InChI is InChI=1S/C9H8F2O3/c10-9(11)6-3-1-2-4-7(6)14-5-8(12)13/h1-4,9H,5H2,(H,12,13). The molecule has 0 amide bonds. The fraction of sp³-hybridized carbons (Fsp3) is 0.222. The van der Waals surface area contributed by atoms with Crippen LogP contribution in [0.4, 0.5) is 8.78 Å². The topological polar surface area (TPSA) is 46.5 Å². The van der Waals surface area contributed by atoms with Gasteiger partial charge in [0.15, 0.2) is 6.61 Å². The van der Waals surface area contributed by atoms with Crippen molar-refractivity contribution < 1.29 is 23.4 Å². The number of halogens is 2. The smallest absolute Gasteiger partial charge is 0.341 e. The van der Waals surface area contributed by atoms with Gasteiger partial charge in [-0.3, -0.25) is 0 Å². The van der Waals surface area contributed by atoms with E-state index in [9.17, 15) is 13.6 Å². The number of benzene rings is 1. The third-order valence-electron chi connectivity index (χ3n) is 1.51. The quantitative estimate of drug-likeness (QED) is 0.813. The maximum Gasteiger partial charge on any atom is 0.341 e. The van der Waals surface area contributed by atoms with Crippen LogP contribution in [-0.2, 0) is 4.79 Å². The number of ether oxygens (including phenoxy) is 1. The zero-order valence-corrected chi connectivity index (χ0v) is 7.11. The highest BCUT2D eigenvalue weighted by Crippen LogP contribution is 2.28. The highest BCUT2D eigenvalue weighted by atomic mass is 19.3. The molecule has 0 spiro atoms. The number of aliphatic carboxylic acids is 1. The third-order valence-corrected chi connectivity index (χ3v) is 1.51. The molecule has 0 heterocycles. The van der Waals surface area contributed by atoms with Crippen LogP contribution in [0.2, 0.25) is 0 Å². The fourth-order valence-electron chi connectivity index (χ4n) is 0.932. The number of para-hydroxylation sites is 1. The second-order valence-electron chi connectivity index (χ2n) is 2.52. The van der Waals surface area contributed by atoms with Gasteiger partial charge in [-0.1, -0.05) is 12.1 Å². The van der Waals surface area contributed by atoms with Gasteiger partial charge in [-0.15, -0.1) is 0 Å². The Kier molecular flexibility index (Phi) is 3.39. The Hall–Kier alpha value is -1.65. The van der Waals surface area contributed by atoms with E-state index in [4.69, 9.17) is 5.11 Å². The summed E-state index contributed by atoms with van der Waals surface area (Å²) in [4.78, 5) is 10.1. The molecule has 0 aliphatic heterocycles. The van der Waals surface area contributed by atoms with Gasteiger partial charge in [-0.05, 0) is 12.1 Å². The number of carboxylic acid groups (broad SMARTS) is 1. The van der Waals surface area contributed by atoms with Crippen molar-refractivity contribution in [3.05, 3.63) is 29.8 Å². The number of carboxylic acids is 1. The van der Waals surface area contributed by atoms with Crippen LogP contribution in [0.3, 0.4) is 0 Å². The van der Waals surface area contributed by atoms with Crippen LogP contribution in [0.5, 0.6) is 5.75 Å². The molecular formula is C9H8F2O3. The lowest BCUT2D eigenvalue weighted by atomic mass is 10.2. The highest BCUT2D eigenvalue weighted by Gasteiger charge is 2.13. The lowest BCUT2D eigenvalue weighted by Gasteiger charge is -2.08. The van der Waals surface area contributed by atoms with Gasteiger partial charge in [-0.25, -0.2) is 13.6 Å². The second-order valence-corrected chi connectivity index (χ2v) is 2.52. The second kappa shape index (κ2) is 4.55. The molecule has 0 aromatic heterocycles. The summed E-state index contributed by atoms with van der Waals surface area (Å²) in [6.45, 7) is -0.621. The Balaban J connectivity index is 2.79. The molecule has 0 unspecified atom stereocenters. The van der Waals surface area contributed by atoms with Gasteiger partial charge >= 0.3 is 5.97 Å². The minimum absolute atomic E-state index is 0.0927. The van der Waals surface area contributed by atoms with Gasteiger partial charge in [0, 0.05) is 0 Å². The normalized spacial score (nSPS) is 10.2. The van der Waals surface area contributed by atoms with Crippen molar-refractivity contribution in [3.63, 3.8) is 0 Å². The molecule has 0 bridgehead atoms. The Morgan fingerprint density at radius 2 is 2.07 bits per heavy atom. The van der Waals surface area contributed by atoms with E-state index in [0.29, 0.717) is 0 Å². The van der Waals surface area contributed by atoms with E-state index in [1.165, 1.54) is 24.3 Å². The van der Waals surface area contributed by atoms with E-state index in [-0.39, 0.29) is 11.3 Å². The first-order chi connectivity index (χ1) is 6.61. The average molecular weight is 202 g/mol. The monoisotopic (exact) mass is 202 g/mol. The minimum Gasteiger partial charge on any atom is -0.481 e. The number of alkyl halides is 2. The molecule has 0 saturated heterocycles. The summed E-state index contributed by atoms with van der Waals surface area (Å²) in [6.07, 6.45) is -2.67. The molecule has 1 aromatic rings. The fourth-order valence-corrected chi connectivity index (χ4v) is 0.932. The van der Waals surface area contributed by atoms with E-state index in [2.05, 4.69) is 4.74 Å². The highest BCUT2D eigenvalue weighted by molar-refractivity contribution is 5.68. The average Bonchev–Trinajstić information content (AvgIpc) is 2.15. The van der Waals surface area contributed by atoms with Crippen molar-refractivity contribution in [2.45, 2.75) is 6.43 Å². The SMILES string of the molecule is O=C(O)COc1ccccc1C(F)F. The summed E-state index contributed by atoms with van der Waals surface area (Å²) in [7, 11) is 0. The molecule has 1 aromatic carbocycles. The van der Waals surface area contributed by atoms with Crippen LogP contribution < -0.4 is 4.74 Å². The third kappa shape index (κ3) is 2.69. The lowest BCUT2D eigenvalue weighted by Crippen LogP contribution is -2.10. The maximum atomic E-state index is 12.3. The van der Waals surface area contributed by atoms with Gasteiger partial charge in [0.25, 0.3) is 6.43 Å². The van der Waals surface area contributed by atoms with Gasteiger partial charge in [-0.2, -0.15) is 0 Å². The lowest BCUT2D eigenvalue weighted by molar-refractivity contribution is -0.139. The first-order valence-electron chi connectivity index (χ1n) is 3.83. The molecule has 0 aliphatic carbocycles. The van der Waals surface area contributed by atoms with Gasteiger partial charge < -0.3 is 9.84 Å². The Morgan fingerprint density at radius 1 is 1.43 bits per heavy atom. The summed E-state index contributed by atoms with van der Waals surface area (Å²) in [5.41, 5.74) is -0.297. The minimum atomic E-state index is -2.67. The molecule has 0 saturated carbocycles. The number of rotatable bonds is 4. The van der Waals surface area contributed by atoms with Crippen molar-refractivity contribution in [2.75, 3.05) is 6.61 Å². The summed E-state index contributed by atoms with van der Waals surface area (Å²) in [5.74, 6) is -1.29. The van der Waals surface area contributed by atoms with E-state index < -0.39 is 19.0 Å². The number of carbonyl (C=O) groups is 1. The Labute approximate surface area is 78.9 Å². The van der Waals surface area contributed by atoms with Crippen LogP contribution in [0.1, 0.15) is 12.0 Å². The summed E-state index contributed by atoms with van der Waals surface area (Å²) >= 11 is 0. The molecule has 5 heteroatoms. The number of hydrogen-bond donors (Lipinski definition) is 1. The molecule has 76 valence electrons. The molecule has 1 rings (SSSR count). The van der Waals surface area contributed by atoms with E-state index in [1.54, 1.807) is 0 Å². The summed E-state index contributed by atoms with van der Waals surface area (Å²) in [6, 6.07) is 5.45. The van der Waals surface area contributed by atoms with Gasteiger partial charge in [0.2, 0.25) is 0 Å². The Bertz CT molecular complexity index is 326. The van der Waals surface area contributed by atoms with Crippen LogP contribution in [-0.4, -0.2) is 17.7 Å². The maximum absolute atomic E-state index is 12.3. The largest absolute Gasteiger partial charge is 0.481 e. The van der Waals surface area contributed by atoms with Crippen molar-refractivity contribution in [3.8, 4) is 5.75 Å². The van der Waals surface area contributed by atoms with Crippen LogP contribution >= 0.6 is 0 Å². The summed E-state index contributed by atoms with van der Waals surface area (Å²) < 4.78 is 29.3. The van der Waals surface area contributed by atoms with Crippen molar-refractivity contribution >= 4 is 5.97 Å². The van der Waals surface area contributed by atoms with Crippen molar-refractivity contribution in [2.24, 2.45) is 0 Å². The first kappa shape index (κ1) is 10.4. The molecule has 0 atom stereocenters. The molecule has 3 nitrogen and oxygen atoms in total. The van der Waals surface area contributed by atoms with Crippen LogP contribution in [0.25, 0.3) is 0 Å². The predicted molar refractivity (Wildman–Crippen MR) is 44.5 cm³/mol. The van der Waals surface area contributed by atoms with E-state index in [1.807, 2.05) is 0 Å². The van der Waals surface area contributed by atoms with Crippen molar-refractivity contribution in [1.82, 2.24) is 0 Å². The van der Waals surface area contributed by atoms with Crippen LogP contribution in [0.15, 0.2) is 24.3 Å². The van der Waals surface area contributed by atoms with Gasteiger partial charge in [0.05, 0.1) is 5.56 Å². The Morgan fingerprint density at radius 3 is 2.64 bits per heavy atom. The molecule has 0 aliphatic rings. The molecule has 14 heavy (non-hydrogen) atoms. The van der Waals surface area contributed by atoms with Crippen LogP contribution in [0, 0.1) is 0 Å². The molecular weight excluding hydrogens is 194 g/mol. The summed E-state index contributed by atoms with van der Waals surface area (Å²) in [5, 5.41) is 8.29. The predicted octanol–water partition coefficient (Wildman–Crippen LogP) is 2.09. The number of hydrogen-bond acceptors (Lipinski definition) is 2. The zero-order valence-electron chi connectivity index (χ0n) is 7.11. The molecule has 0 fully saturated rings. The van der Waals surface area contributed by atoms with Crippen molar-refractivity contribution in [1.29, 1.82) is 0 Å². The molecule has 0 radical (unpaired) electrons. The zero-order chi connectivity index (χ0) is 10.6. The first-order valence-corrected chi connectivity index (χ1v) is 3.83. The van der Waals surface area contributed by atoms with E-state index >= 15 is 0 Å².